The molecular formula is C49H72N4O7. The molecule has 0 radical (unpaired) electrons. The van der Waals surface area contributed by atoms with Crippen LogP contribution in [0.4, 0.5) is 0 Å². The Morgan fingerprint density at radius 3 is 1.43 bits per heavy atom. The second kappa shape index (κ2) is 19.7. The number of methoxy groups -OCH3 is 3. The standard InChI is InChI=1S/C17H23NO3.C16H24N2O2.C16H25NO2/c1-18-10-12-9-14(21-2)3-4-15(12)16(11-18)17(20)7-5-13(19)6-8-17;1-18-10-12-9-13(20-2)3-4-14(12)15(11-18)16(19)5-7-17-8-6-16;1-5-16(18,6-2)15-11-17(3)10-12-9-13(19-4)7-8-14(12)15/h3-4,9,16,20H,5-8,10-11H2,1-2H3;3-4,9,15,17,19H,5-8,10-11H2,1-2H3;7-9,15,18H,5-6,10-11H2,1-4H3. The summed E-state index contributed by atoms with van der Waals surface area (Å²) in [6, 6.07) is 18.6. The number of rotatable bonds is 8. The molecule has 1 aliphatic carbocycles. The van der Waals surface area contributed by atoms with Crippen molar-refractivity contribution in [2.24, 2.45) is 0 Å². The first-order valence-corrected chi connectivity index (χ1v) is 22.1. The first kappa shape index (κ1) is 46.0. The molecule has 3 aromatic rings. The number of Topliss-reactive ketones (excluding diaryl/α,β-unsaturated/α-hetero) is 1. The minimum absolute atomic E-state index is 0.0743. The summed E-state index contributed by atoms with van der Waals surface area (Å²) in [7, 11) is 11.4. The zero-order valence-electron chi connectivity index (χ0n) is 37.6. The third-order valence-electron chi connectivity index (χ3n) is 14.3. The summed E-state index contributed by atoms with van der Waals surface area (Å²) in [5.74, 6) is 3.38. The third kappa shape index (κ3) is 10.2. The number of hydrogen-bond donors (Lipinski definition) is 4. The molecule has 1 saturated carbocycles. The summed E-state index contributed by atoms with van der Waals surface area (Å²) in [4.78, 5) is 18.3. The molecule has 11 nitrogen and oxygen atoms in total. The van der Waals surface area contributed by atoms with Gasteiger partial charge in [-0.25, -0.2) is 0 Å². The summed E-state index contributed by atoms with van der Waals surface area (Å²) < 4.78 is 15.9. The molecule has 4 N–H and O–H groups in total. The Hall–Kier alpha value is -3.55. The van der Waals surface area contributed by atoms with Crippen molar-refractivity contribution in [3.05, 3.63) is 88.0 Å². The fourth-order valence-electron chi connectivity index (χ4n) is 10.5. The maximum Gasteiger partial charge on any atom is 0.133 e. The predicted molar refractivity (Wildman–Crippen MR) is 237 cm³/mol. The molecule has 330 valence electrons. The Morgan fingerprint density at radius 1 is 0.633 bits per heavy atom. The van der Waals surface area contributed by atoms with Gasteiger partial charge in [-0.1, -0.05) is 32.0 Å². The van der Waals surface area contributed by atoms with Crippen molar-refractivity contribution in [1.29, 1.82) is 0 Å². The number of ketones is 1. The van der Waals surface area contributed by atoms with E-state index < -0.39 is 16.8 Å². The van der Waals surface area contributed by atoms with Crippen molar-refractivity contribution in [1.82, 2.24) is 20.0 Å². The molecule has 4 heterocycles. The average Bonchev–Trinajstić information content (AvgIpc) is 3.26. The highest BCUT2D eigenvalue weighted by atomic mass is 16.5. The maximum absolute atomic E-state index is 11.5. The highest BCUT2D eigenvalue weighted by molar-refractivity contribution is 5.79. The lowest BCUT2D eigenvalue weighted by Gasteiger charge is -2.44. The number of carbonyl (C=O) groups is 1. The summed E-state index contributed by atoms with van der Waals surface area (Å²) in [5, 5.41) is 36.4. The predicted octanol–water partition coefficient (Wildman–Crippen LogP) is 6.21. The van der Waals surface area contributed by atoms with Gasteiger partial charge in [0.25, 0.3) is 0 Å². The third-order valence-corrected chi connectivity index (χ3v) is 14.3. The van der Waals surface area contributed by atoms with E-state index in [9.17, 15) is 20.1 Å². The molecular weight excluding hydrogens is 757 g/mol. The highest BCUT2D eigenvalue weighted by Crippen LogP contribution is 2.45. The Labute approximate surface area is 359 Å². The number of fused-ring (bicyclic) bond motifs is 3. The molecule has 11 heteroatoms. The van der Waals surface area contributed by atoms with Crippen LogP contribution < -0.4 is 19.5 Å². The van der Waals surface area contributed by atoms with E-state index in [4.69, 9.17) is 14.2 Å². The van der Waals surface area contributed by atoms with Gasteiger partial charge in [0, 0.05) is 69.9 Å². The Balaban J connectivity index is 0.000000151. The van der Waals surface area contributed by atoms with Gasteiger partial charge >= 0.3 is 0 Å². The summed E-state index contributed by atoms with van der Waals surface area (Å²) in [6.45, 7) is 11.4. The maximum atomic E-state index is 11.5. The monoisotopic (exact) mass is 829 g/mol. The van der Waals surface area contributed by atoms with E-state index in [2.05, 4.69) is 91.4 Å². The average molecular weight is 829 g/mol. The second-order valence-electron chi connectivity index (χ2n) is 18.2. The molecule has 8 rings (SSSR count). The molecule has 0 spiro atoms. The fraction of sp³-hybridized carbons (Fsp3) is 0.612. The van der Waals surface area contributed by atoms with Crippen molar-refractivity contribution in [2.45, 2.75) is 119 Å². The van der Waals surface area contributed by atoms with Crippen LogP contribution in [0.5, 0.6) is 17.2 Å². The molecule has 4 aliphatic heterocycles. The highest BCUT2D eigenvalue weighted by Gasteiger charge is 2.44. The summed E-state index contributed by atoms with van der Waals surface area (Å²) >= 11 is 0. The van der Waals surface area contributed by atoms with E-state index in [-0.39, 0.29) is 23.5 Å². The van der Waals surface area contributed by atoms with Gasteiger partial charge in [0.05, 0.1) is 38.1 Å². The van der Waals surface area contributed by atoms with Crippen LogP contribution in [-0.2, 0) is 24.4 Å². The molecule has 5 aliphatic rings. The zero-order chi connectivity index (χ0) is 43.2. The molecule has 1 saturated heterocycles. The number of hydrogen-bond acceptors (Lipinski definition) is 11. The normalized spacial score (nSPS) is 24.0. The molecule has 3 unspecified atom stereocenters. The second-order valence-corrected chi connectivity index (χ2v) is 18.2. The lowest BCUT2D eigenvalue weighted by atomic mass is 9.70. The number of piperidine rings is 1. The van der Waals surface area contributed by atoms with Crippen molar-refractivity contribution >= 4 is 5.78 Å². The SMILES string of the molecule is CCC(O)(CC)C1CN(C)Cc2cc(OC)ccc21.COc1ccc2c(c1)CN(C)CC2C1(O)CCC(=O)CC1.COc1ccc2c(c1)CN(C)CC2C1(O)CCNCC1. The number of carbonyl (C=O) groups excluding carboxylic acids is 1. The van der Waals surface area contributed by atoms with Gasteiger partial charge in [-0.15, -0.1) is 0 Å². The first-order chi connectivity index (χ1) is 28.7. The van der Waals surface area contributed by atoms with Crippen LogP contribution in [0.15, 0.2) is 54.6 Å². The molecule has 3 atom stereocenters. The van der Waals surface area contributed by atoms with E-state index in [0.29, 0.717) is 25.7 Å². The van der Waals surface area contributed by atoms with Crippen LogP contribution >= 0.6 is 0 Å². The van der Waals surface area contributed by atoms with Crippen LogP contribution in [0.2, 0.25) is 0 Å². The molecule has 0 amide bonds. The quantitative estimate of drug-likeness (QED) is 0.207. The topological polar surface area (TPSA) is 127 Å². The van der Waals surface area contributed by atoms with Crippen LogP contribution in [0, 0.1) is 0 Å². The molecule has 60 heavy (non-hydrogen) atoms. The lowest BCUT2D eigenvalue weighted by molar-refractivity contribution is -0.127. The number of aliphatic hydroxyl groups is 3. The Morgan fingerprint density at radius 2 is 1.02 bits per heavy atom. The fourth-order valence-corrected chi connectivity index (χ4v) is 10.5. The van der Waals surface area contributed by atoms with Gasteiger partial charge in [-0.05, 0) is 143 Å². The molecule has 2 fully saturated rings. The van der Waals surface area contributed by atoms with Gasteiger partial charge < -0.3 is 49.5 Å². The lowest BCUT2D eigenvalue weighted by Crippen LogP contribution is -2.50. The summed E-state index contributed by atoms with van der Waals surface area (Å²) in [5.41, 5.74) is 5.63. The van der Waals surface area contributed by atoms with Gasteiger partial charge in [0.15, 0.2) is 0 Å². The van der Waals surface area contributed by atoms with Gasteiger partial charge in [-0.3, -0.25) is 4.79 Å². The molecule has 0 aromatic heterocycles. The smallest absolute Gasteiger partial charge is 0.133 e. The van der Waals surface area contributed by atoms with Gasteiger partial charge in [0.1, 0.15) is 23.0 Å². The Bertz CT molecular complexity index is 1900. The van der Waals surface area contributed by atoms with Gasteiger partial charge in [-0.2, -0.15) is 0 Å². The van der Waals surface area contributed by atoms with E-state index >= 15 is 0 Å². The minimum Gasteiger partial charge on any atom is -0.497 e. The largest absolute Gasteiger partial charge is 0.497 e. The summed E-state index contributed by atoms with van der Waals surface area (Å²) in [6.07, 6.45) is 5.39. The van der Waals surface area contributed by atoms with Crippen LogP contribution in [0.3, 0.4) is 0 Å². The van der Waals surface area contributed by atoms with Crippen LogP contribution in [0.25, 0.3) is 0 Å². The van der Waals surface area contributed by atoms with Crippen molar-refractivity contribution in [2.75, 3.05) is 75.2 Å². The van der Waals surface area contributed by atoms with Crippen molar-refractivity contribution in [3.8, 4) is 17.2 Å². The first-order valence-electron chi connectivity index (χ1n) is 22.1. The minimum atomic E-state index is -0.758. The number of ether oxygens (including phenoxy) is 3. The van der Waals surface area contributed by atoms with Gasteiger partial charge in [0.2, 0.25) is 0 Å². The van der Waals surface area contributed by atoms with Crippen LogP contribution in [-0.4, -0.2) is 128 Å². The number of nitrogens with zero attached hydrogens (tertiary/aromatic N) is 3. The van der Waals surface area contributed by atoms with E-state index in [1.54, 1.807) is 21.3 Å². The number of benzene rings is 3. The van der Waals surface area contributed by atoms with Crippen molar-refractivity contribution in [3.63, 3.8) is 0 Å². The van der Waals surface area contributed by atoms with Crippen LogP contribution in [0.1, 0.15) is 116 Å². The zero-order valence-corrected chi connectivity index (χ0v) is 37.6. The molecule has 0 bridgehead atoms. The van der Waals surface area contributed by atoms with E-state index in [1.165, 1.54) is 33.4 Å². The van der Waals surface area contributed by atoms with Crippen molar-refractivity contribution < 1.29 is 34.3 Å². The molecule has 3 aromatic carbocycles. The van der Waals surface area contributed by atoms with E-state index in [0.717, 1.165) is 95.3 Å². The number of nitrogens with one attached hydrogen (secondary N) is 1. The Kier molecular flexibility index (Phi) is 15.1. The van der Waals surface area contributed by atoms with E-state index in [1.807, 2.05) is 18.2 Å². The number of likely N-dealkylation sites (N-methyl/N-ethyl adjacent to an activating group) is 3.